The lowest BCUT2D eigenvalue weighted by molar-refractivity contribution is -0.137. The van der Waals surface area contributed by atoms with Gasteiger partial charge in [0.1, 0.15) is 5.69 Å². The van der Waals surface area contributed by atoms with Crippen molar-refractivity contribution in [2.24, 2.45) is 0 Å². The monoisotopic (exact) mass is 415 g/mol. The maximum absolute atomic E-state index is 13.0. The van der Waals surface area contributed by atoms with Gasteiger partial charge in [-0.05, 0) is 36.2 Å². The summed E-state index contributed by atoms with van der Waals surface area (Å²) in [7, 11) is 0. The van der Waals surface area contributed by atoms with Crippen molar-refractivity contribution in [3.05, 3.63) is 76.4 Å². The third-order valence-corrected chi connectivity index (χ3v) is 5.27. The van der Waals surface area contributed by atoms with Crippen LogP contribution in [0.3, 0.4) is 0 Å². The van der Waals surface area contributed by atoms with Crippen LogP contribution in [0.25, 0.3) is 0 Å². The summed E-state index contributed by atoms with van der Waals surface area (Å²) in [5.41, 5.74) is 2.83. The normalized spacial score (nSPS) is 13.9. The molecule has 0 saturated heterocycles. The van der Waals surface area contributed by atoms with Gasteiger partial charge in [0.25, 0.3) is 5.91 Å². The maximum atomic E-state index is 13.0. The van der Waals surface area contributed by atoms with Crippen molar-refractivity contribution in [3.8, 4) is 0 Å². The van der Waals surface area contributed by atoms with E-state index in [0.717, 1.165) is 35.5 Å². The first-order valence-corrected chi connectivity index (χ1v) is 9.67. The van der Waals surface area contributed by atoms with E-state index in [0.29, 0.717) is 25.2 Å². The molecule has 0 atom stereocenters. The van der Waals surface area contributed by atoms with Crippen molar-refractivity contribution in [3.63, 3.8) is 0 Å². The minimum atomic E-state index is -4.49. The molecule has 3 aromatic rings. The molecule has 156 valence electrons. The molecular weight excluding hydrogens is 395 g/mol. The Kier molecular flexibility index (Phi) is 5.27. The molecule has 0 fully saturated rings. The van der Waals surface area contributed by atoms with Crippen LogP contribution in [0.1, 0.15) is 45.5 Å². The van der Waals surface area contributed by atoms with Crippen molar-refractivity contribution in [2.75, 3.05) is 6.54 Å². The summed E-state index contributed by atoms with van der Waals surface area (Å²) >= 11 is 0. The van der Waals surface area contributed by atoms with Gasteiger partial charge in [-0.3, -0.25) is 9.78 Å². The number of aromatic nitrogens is 4. The minimum absolute atomic E-state index is 0.0155. The number of amides is 1. The van der Waals surface area contributed by atoms with Crippen molar-refractivity contribution in [1.29, 1.82) is 0 Å². The van der Waals surface area contributed by atoms with Gasteiger partial charge in [0.2, 0.25) is 0 Å². The lowest BCUT2D eigenvalue weighted by Crippen LogP contribution is -2.36. The fraction of sp³-hybridized carbons (Fsp3) is 0.333. The second-order valence-corrected chi connectivity index (χ2v) is 7.16. The molecule has 9 heteroatoms. The molecule has 1 aliphatic rings. The molecule has 1 aliphatic heterocycles. The summed E-state index contributed by atoms with van der Waals surface area (Å²) in [6.45, 7) is 3.16. The molecule has 4 rings (SSSR count). The third-order valence-electron chi connectivity index (χ3n) is 5.27. The number of nitrogens with zero attached hydrogens (tertiary/aromatic N) is 5. The van der Waals surface area contributed by atoms with Crippen molar-refractivity contribution < 1.29 is 18.0 Å². The van der Waals surface area contributed by atoms with Gasteiger partial charge in [-0.1, -0.05) is 24.3 Å². The van der Waals surface area contributed by atoms with E-state index in [1.807, 2.05) is 12.1 Å². The molecule has 30 heavy (non-hydrogen) atoms. The summed E-state index contributed by atoms with van der Waals surface area (Å²) in [6, 6.07) is 8.43. The van der Waals surface area contributed by atoms with Gasteiger partial charge in [0.15, 0.2) is 0 Å². The second-order valence-electron chi connectivity index (χ2n) is 7.16. The molecule has 6 nitrogen and oxygen atoms in total. The highest BCUT2D eigenvalue weighted by Crippen LogP contribution is 2.30. The van der Waals surface area contributed by atoms with Crippen LogP contribution >= 0.6 is 0 Å². The second kappa shape index (κ2) is 7.89. The zero-order valence-electron chi connectivity index (χ0n) is 16.4. The van der Waals surface area contributed by atoms with Crippen LogP contribution < -0.4 is 0 Å². The molecule has 0 unspecified atom stereocenters. The van der Waals surface area contributed by atoms with Gasteiger partial charge in [-0.2, -0.15) is 13.2 Å². The quantitative estimate of drug-likeness (QED) is 0.654. The average molecular weight is 415 g/mol. The van der Waals surface area contributed by atoms with Crippen LogP contribution in [0.2, 0.25) is 0 Å². The Morgan fingerprint density at radius 2 is 2.03 bits per heavy atom. The smallest absolute Gasteiger partial charge is 0.332 e. The van der Waals surface area contributed by atoms with Crippen molar-refractivity contribution in [2.45, 2.75) is 39.0 Å². The molecule has 0 N–H and O–H groups in total. The predicted molar refractivity (Wildman–Crippen MR) is 103 cm³/mol. The zero-order valence-corrected chi connectivity index (χ0v) is 16.4. The summed E-state index contributed by atoms with van der Waals surface area (Å²) in [5, 5.41) is 8.42. The summed E-state index contributed by atoms with van der Waals surface area (Å²) in [6.07, 6.45) is -1.36. The van der Waals surface area contributed by atoms with Gasteiger partial charge in [-0.25, -0.2) is 4.68 Å². The Labute approximate surface area is 171 Å². The molecule has 0 aliphatic carbocycles. The van der Waals surface area contributed by atoms with Gasteiger partial charge < -0.3 is 4.90 Å². The van der Waals surface area contributed by atoms with Crippen LogP contribution in [0.5, 0.6) is 0 Å². The van der Waals surface area contributed by atoms with Crippen LogP contribution in [0, 0.1) is 0 Å². The predicted octanol–water partition coefficient (Wildman–Crippen LogP) is 3.50. The fourth-order valence-electron chi connectivity index (χ4n) is 3.65. The van der Waals surface area contributed by atoms with Crippen molar-refractivity contribution >= 4 is 5.91 Å². The topological polar surface area (TPSA) is 63.9 Å². The number of carbonyl (C=O) groups is 1. The van der Waals surface area contributed by atoms with Gasteiger partial charge in [0, 0.05) is 24.7 Å². The van der Waals surface area contributed by atoms with Crippen LogP contribution in [-0.4, -0.2) is 37.3 Å². The first-order chi connectivity index (χ1) is 14.4. The molecule has 0 spiro atoms. The van der Waals surface area contributed by atoms with E-state index in [2.05, 4.69) is 22.2 Å². The number of hydrogen-bond acceptors (Lipinski definition) is 4. The van der Waals surface area contributed by atoms with E-state index in [4.69, 9.17) is 0 Å². The van der Waals surface area contributed by atoms with Gasteiger partial charge in [0.05, 0.1) is 30.0 Å². The number of carbonyl (C=O) groups excluding carboxylic acids is 1. The Morgan fingerprint density at radius 1 is 1.20 bits per heavy atom. The Balaban J connectivity index is 1.52. The number of aryl methyl sites for hydroxylation is 1. The first kappa shape index (κ1) is 20.1. The molecule has 0 saturated carbocycles. The maximum Gasteiger partial charge on any atom is 0.416 e. The number of benzene rings is 1. The summed E-state index contributed by atoms with van der Waals surface area (Å²) in [4.78, 5) is 18.7. The van der Waals surface area contributed by atoms with Gasteiger partial charge in [-0.15, -0.1) is 5.10 Å². The largest absolute Gasteiger partial charge is 0.416 e. The number of alkyl halides is 3. The van der Waals surface area contributed by atoms with E-state index in [9.17, 15) is 18.0 Å². The number of halogens is 3. The first-order valence-electron chi connectivity index (χ1n) is 9.67. The van der Waals surface area contributed by atoms with E-state index in [-0.39, 0.29) is 12.1 Å². The Bertz CT molecular complexity index is 1080. The highest BCUT2D eigenvalue weighted by Gasteiger charge is 2.32. The molecule has 3 heterocycles. The molecular formula is C21H20F3N5O. The number of rotatable bonds is 4. The van der Waals surface area contributed by atoms with E-state index in [1.165, 1.54) is 17.0 Å². The van der Waals surface area contributed by atoms with E-state index in [1.54, 1.807) is 10.9 Å². The number of hydrogen-bond donors (Lipinski definition) is 0. The summed E-state index contributed by atoms with van der Waals surface area (Å²) < 4.78 is 40.7. The highest BCUT2D eigenvalue weighted by atomic mass is 19.4. The van der Waals surface area contributed by atoms with Crippen LogP contribution in [0.15, 0.2) is 42.6 Å². The highest BCUT2D eigenvalue weighted by molar-refractivity contribution is 5.94. The van der Waals surface area contributed by atoms with Crippen LogP contribution in [-0.2, 0) is 32.1 Å². The fourth-order valence-corrected chi connectivity index (χ4v) is 3.65. The number of fused-ring (bicyclic) bond motifs is 1. The third kappa shape index (κ3) is 3.92. The summed E-state index contributed by atoms with van der Waals surface area (Å²) in [5.74, 6) is -0.445. The van der Waals surface area contributed by atoms with E-state index < -0.39 is 17.6 Å². The lowest BCUT2D eigenvalue weighted by atomic mass is 10.1. The van der Waals surface area contributed by atoms with Crippen molar-refractivity contribution in [1.82, 2.24) is 24.9 Å². The lowest BCUT2D eigenvalue weighted by Gasteiger charge is -2.26. The molecule has 0 radical (unpaired) electrons. The molecule has 1 amide bonds. The molecule has 2 aromatic heterocycles. The Hall–Kier alpha value is -3.23. The van der Waals surface area contributed by atoms with Gasteiger partial charge >= 0.3 is 6.18 Å². The molecule has 1 aromatic carbocycles. The minimum Gasteiger partial charge on any atom is -0.332 e. The Morgan fingerprint density at radius 3 is 2.80 bits per heavy atom. The SMILES string of the molecule is CCc1cccnc1Cn1nnc2c1CCN(C(=O)c1cccc(C(F)(F)F)c1)C2. The number of pyridine rings is 1. The molecule has 0 bridgehead atoms. The zero-order chi connectivity index (χ0) is 21.3. The standard InChI is InChI=1S/C21H20F3N5O/c1-2-14-6-4-9-25-17(14)13-29-19-8-10-28(12-18(19)26-27-29)20(30)15-5-3-7-16(11-15)21(22,23)24/h3-7,9,11H,2,8,10,12-13H2,1H3. The van der Waals surface area contributed by atoms with Crippen LogP contribution in [0.4, 0.5) is 13.2 Å². The average Bonchev–Trinajstić information content (AvgIpc) is 3.15. The van der Waals surface area contributed by atoms with E-state index >= 15 is 0 Å².